The van der Waals surface area contributed by atoms with Gasteiger partial charge in [0.1, 0.15) is 0 Å². The van der Waals surface area contributed by atoms with Crippen molar-refractivity contribution in [2.24, 2.45) is 4.99 Å². The molecule has 4 heteroatoms. The first kappa shape index (κ1) is 25.3. The van der Waals surface area contributed by atoms with E-state index in [4.69, 9.17) is 9.98 Å². The van der Waals surface area contributed by atoms with Gasteiger partial charge < -0.3 is 0 Å². The fourth-order valence-electron chi connectivity index (χ4n) is 3.99. The molecule has 35 heavy (non-hydrogen) atoms. The molecule has 1 unspecified atom stereocenters. The van der Waals surface area contributed by atoms with Gasteiger partial charge >= 0.3 is 0 Å². The number of pyridine rings is 1. The Balaban J connectivity index is 1.58. The van der Waals surface area contributed by atoms with E-state index in [9.17, 15) is 0 Å². The SMILES string of the molecule is CC/C=C(\N=CC(C)c1ccccc1Br)c1cccc(-c2ccc(C3=C(Br)C=CC=CC3)cn2)c1. The molecule has 176 valence electrons. The number of aliphatic imine (C=N–C) groups is 1. The van der Waals surface area contributed by atoms with Crippen molar-refractivity contribution in [3.63, 3.8) is 0 Å². The summed E-state index contributed by atoms with van der Waals surface area (Å²) < 4.78 is 2.21. The number of allylic oxidation sites excluding steroid dienone is 7. The number of aromatic nitrogens is 1. The molecular weight excluding hydrogens is 560 g/mol. The molecule has 0 radical (unpaired) electrons. The quantitative estimate of drug-likeness (QED) is 0.252. The number of hydrogen-bond donors (Lipinski definition) is 0. The molecule has 2 aromatic carbocycles. The second-order valence-corrected chi connectivity index (χ2v) is 10.1. The molecule has 0 N–H and O–H groups in total. The molecule has 0 amide bonds. The van der Waals surface area contributed by atoms with Crippen molar-refractivity contribution in [1.82, 2.24) is 4.98 Å². The van der Waals surface area contributed by atoms with Gasteiger partial charge in [-0.15, -0.1) is 0 Å². The maximum Gasteiger partial charge on any atom is 0.0702 e. The lowest BCUT2D eigenvalue weighted by Crippen LogP contribution is -1.96. The largest absolute Gasteiger partial charge is 0.260 e. The third-order valence-corrected chi connectivity index (χ3v) is 7.36. The molecule has 0 fully saturated rings. The molecule has 3 aromatic rings. The van der Waals surface area contributed by atoms with Gasteiger partial charge in [0.25, 0.3) is 0 Å². The minimum atomic E-state index is 0.200. The van der Waals surface area contributed by atoms with Crippen LogP contribution in [0.5, 0.6) is 0 Å². The summed E-state index contributed by atoms with van der Waals surface area (Å²) in [6.07, 6.45) is 16.3. The van der Waals surface area contributed by atoms with Gasteiger partial charge in [-0.3, -0.25) is 9.98 Å². The van der Waals surface area contributed by atoms with Crippen LogP contribution in [0.15, 0.2) is 111 Å². The van der Waals surface area contributed by atoms with E-state index in [1.54, 1.807) is 0 Å². The van der Waals surface area contributed by atoms with Gasteiger partial charge in [0.05, 0.1) is 11.4 Å². The van der Waals surface area contributed by atoms with Gasteiger partial charge in [-0.25, -0.2) is 0 Å². The third-order valence-electron chi connectivity index (χ3n) is 5.90. The Labute approximate surface area is 225 Å². The molecule has 0 aliphatic heterocycles. The molecule has 0 bridgehead atoms. The standard InChI is InChI=1S/C31H28Br2N2/c1-3-10-30(34-20-22(2)26-13-7-8-16-28(26)32)23-11-9-12-24(19-23)31-18-17-25(21-35-31)27-14-5-4-6-15-29(27)33/h4-13,15-22H,3,14H2,1-2H3/b30-10-,34-20?. The number of benzene rings is 2. The van der Waals surface area contributed by atoms with Crippen LogP contribution in [0.25, 0.3) is 22.5 Å². The van der Waals surface area contributed by atoms with Gasteiger partial charge in [0, 0.05) is 38.4 Å². The van der Waals surface area contributed by atoms with Crippen molar-refractivity contribution in [2.75, 3.05) is 0 Å². The molecular formula is C31H28Br2N2. The molecule has 1 atom stereocenters. The second-order valence-electron chi connectivity index (χ2n) is 8.42. The highest BCUT2D eigenvalue weighted by Gasteiger charge is 2.10. The lowest BCUT2D eigenvalue weighted by atomic mass is 10.0. The van der Waals surface area contributed by atoms with Crippen molar-refractivity contribution in [1.29, 1.82) is 0 Å². The zero-order valence-electron chi connectivity index (χ0n) is 20.0. The third kappa shape index (κ3) is 6.45. The van der Waals surface area contributed by atoms with E-state index in [0.717, 1.165) is 49.9 Å². The second kappa shape index (κ2) is 12.2. The fraction of sp³-hybridized carbons (Fsp3) is 0.161. The molecule has 1 heterocycles. The van der Waals surface area contributed by atoms with Gasteiger partial charge in [-0.2, -0.15) is 0 Å². The normalized spacial score (nSPS) is 15.0. The van der Waals surface area contributed by atoms with Crippen molar-refractivity contribution in [3.8, 4) is 11.3 Å². The number of halogens is 2. The van der Waals surface area contributed by atoms with Crippen molar-refractivity contribution in [3.05, 3.63) is 123 Å². The first-order valence-electron chi connectivity index (χ1n) is 11.8. The summed E-state index contributed by atoms with van der Waals surface area (Å²) in [7, 11) is 0. The summed E-state index contributed by atoms with van der Waals surface area (Å²) >= 11 is 7.35. The minimum absolute atomic E-state index is 0.200. The lowest BCUT2D eigenvalue weighted by molar-refractivity contribution is 1.03. The topological polar surface area (TPSA) is 25.2 Å². The average Bonchev–Trinajstić information content (AvgIpc) is 3.11. The number of rotatable bonds is 7. The first-order valence-corrected chi connectivity index (χ1v) is 13.4. The molecule has 2 nitrogen and oxygen atoms in total. The molecule has 1 aromatic heterocycles. The lowest BCUT2D eigenvalue weighted by Gasteiger charge is -2.11. The highest BCUT2D eigenvalue weighted by molar-refractivity contribution is 9.12. The smallest absolute Gasteiger partial charge is 0.0702 e. The molecule has 0 saturated heterocycles. The number of hydrogen-bond acceptors (Lipinski definition) is 2. The Hall–Kier alpha value is -2.82. The summed E-state index contributed by atoms with van der Waals surface area (Å²) in [5.41, 5.74) is 7.71. The summed E-state index contributed by atoms with van der Waals surface area (Å²) in [4.78, 5) is 9.69. The fourth-order valence-corrected chi connectivity index (χ4v) is 5.18. The Kier molecular flexibility index (Phi) is 8.84. The minimum Gasteiger partial charge on any atom is -0.260 e. The maximum atomic E-state index is 4.90. The van der Waals surface area contributed by atoms with Crippen molar-refractivity contribution >= 4 is 49.3 Å². The van der Waals surface area contributed by atoms with Gasteiger partial charge in [-0.1, -0.05) is 112 Å². The summed E-state index contributed by atoms with van der Waals surface area (Å²) in [5.74, 6) is 0.200. The highest BCUT2D eigenvalue weighted by Crippen LogP contribution is 2.31. The van der Waals surface area contributed by atoms with Crippen LogP contribution >= 0.6 is 31.9 Å². The monoisotopic (exact) mass is 586 g/mol. The Morgan fingerprint density at radius 2 is 1.89 bits per heavy atom. The highest BCUT2D eigenvalue weighted by atomic mass is 79.9. The van der Waals surface area contributed by atoms with Crippen LogP contribution in [0.1, 0.15) is 49.3 Å². The van der Waals surface area contributed by atoms with Crippen LogP contribution in [0, 0.1) is 0 Å². The van der Waals surface area contributed by atoms with E-state index < -0.39 is 0 Å². The molecule has 0 spiro atoms. The van der Waals surface area contributed by atoms with E-state index in [-0.39, 0.29) is 5.92 Å². The Morgan fingerprint density at radius 1 is 1.03 bits per heavy atom. The van der Waals surface area contributed by atoms with Crippen molar-refractivity contribution in [2.45, 2.75) is 32.6 Å². The van der Waals surface area contributed by atoms with Gasteiger partial charge in [-0.05, 0) is 53.8 Å². The molecule has 1 aliphatic carbocycles. The zero-order valence-corrected chi connectivity index (χ0v) is 23.1. The van der Waals surface area contributed by atoms with Crippen molar-refractivity contribution < 1.29 is 0 Å². The van der Waals surface area contributed by atoms with Crippen LogP contribution in [0.2, 0.25) is 0 Å². The molecule has 0 saturated carbocycles. The van der Waals surface area contributed by atoms with E-state index in [2.05, 4.69) is 125 Å². The molecule has 1 aliphatic rings. The van der Waals surface area contributed by atoms with Crippen LogP contribution in [-0.4, -0.2) is 11.2 Å². The molecule has 4 rings (SSSR count). The van der Waals surface area contributed by atoms with Crippen LogP contribution < -0.4 is 0 Å². The van der Waals surface area contributed by atoms with E-state index in [1.165, 1.54) is 11.1 Å². The van der Waals surface area contributed by atoms with E-state index >= 15 is 0 Å². The maximum absolute atomic E-state index is 4.90. The first-order chi connectivity index (χ1) is 17.1. The van der Waals surface area contributed by atoms with Gasteiger partial charge in [0.2, 0.25) is 0 Å². The predicted octanol–water partition coefficient (Wildman–Crippen LogP) is 9.76. The van der Waals surface area contributed by atoms with Gasteiger partial charge in [0.15, 0.2) is 0 Å². The van der Waals surface area contributed by atoms with E-state index in [1.807, 2.05) is 24.6 Å². The summed E-state index contributed by atoms with van der Waals surface area (Å²) in [6.45, 7) is 4.31. The zero-order chi connectivity index (χ0) is 24.6. The number of nitrogens with zero attached hydrogens (tertiary/aromatic N) is 2. The average molecular weight is 588 g/mol. The van der Waals surface area contributed by atoms with Crippen LogP contribution in [-0.2, 0) is 0 Å². The Bertz CT molecular complexity index is 1330. The van der Waals surface area contributed by atoms with E-state index in [0.29, 0.717) is 0 Å². The van der Waals surface area contributed by atoms with Crippen LogP contribution in [0.3, 0.4) is 0 Å². The Morgan fingerprint density at radius 3 is 2.66 bits per heavy atom. The van der Waals surface area contributed by atoms with Crippen LogP contribution in [0.4, 0.5) is 0 Å². The summed E-state index contributed by atoms with van der Waals surface area (Å²) in [5, 5.41) is 0. The predicted molar refractivity (Wildman–Crippen MR) is 158 cm³/mol. The summed E-state index contributed by atoms with van der Waals surface area (Å²) in [6, 6.07) is 21.0.